The molecule has 0 spiro atoms. The first-order chi connectivity index (χ1) is 18.8. The molecule has 1 amide bonds. The van der Waals surface area contributed by atoms with Gasteiger partial charge in [-0.2, -0.15) is 0 Å². The largest absolute Gasteiger partial charge is 0.434 e. The fourth-order valence-corrected chi connectivity index (χ4v) is 4.45. The molecule has 0 saturated heterocycles. The SMILES string of the molecule is CC(=O)Nc1ccc(C(Cc2ccccc2F)c2nc3c([nH]2)c(=O)[nH]c(=O)n3CCCc2n[nH]c(=O)o2)cc1. The molecule has 3 heterocycles. The van der Waals surface area contributed by atoms with Crippen LogP contribution in [0.2, 0.25) is 0 Å². The standard InChI is InChI=1S/C26H24FN7O5/c1-14(35)28-17-10-8-15(9-11-17)18(13-16-5-2-3-6-19(16)27)22-29-21-23(30-22)34(25(37)31-24(21)36)12-4-7-20-32-33-26(38)39-20/h2-3,5-6,8-11,18H,4,7,12-13H2,1H3,(H,28,35)(H,29,30)(H,33,38)(H,31,36,37). The second kappa shape index (κ2) is 10.7. The highest BCUT2D eigenvalue weighted by atomic mass is 19.1. The lowest BCUT2D eigenvalue weighted by Crippen LogP contribution is -2.30. The van der Waals surface area contributed by atoms with E-state index in [1.165, 1.54) is 17.6 Å². The minimum Gasteiger partial charge on any atom is -0.393 e. The molecule has 0 bridgehead atoms. The Kier molecular flexibility index (Phi) is 7.04. The summed E-state index contributed by atoms with van der Waals surface area (Å²) in [6.07, 6.45) is 0.867. The number of amides is 1. The first-order valence-electron chi connectivity index (χ1n) is 12.2. The van der Waals surface area contributed by atoms with Gasteiger partial charge in [-0.15, -0.1) is 5.10 Å². The number of nitrogens with zero attached hydrogens (tertiary/aromatic N) is 3. The zero-order chi connectivity index (χ0) is 27.5. The van der Waals surface area contributed by atoms with Gasteiger partial charge in [0.2, 0.25) is 11.8 Å². The van der Waals surface area contributed by atoms with Gasteiger partial charge >= 0.3 is 11.4 Å². The third kappa shape index (κ3) is 5.61. The number of fused-ring (bicyclic) bond motifs is 1. The number of anilines is 1. The zero-order valence-electron chi connectivity index (χ0n) is 20.8. The predicted octanol–water partition coefficient (Wildman–Crippen LogP) is 2.19. The highest BCUT2D eigenvalue weighted by Crippen LogP contribution is 2.29. The number of H-pyrrole nitrogens is 3. The highest BCUT2D eigenvalue weighted by molar-refractivity contribution is 5.88. The molecule has 5 aromatic rings. The van der Waals surface area contributed by atoms with Crippen molar-refractivity contribution in [1.29, 1.82) is 0 Å². The van der Waals surface area contributed by atoms with E-state index in [1.54, 1.807) is 42.5 Å². The van der Waals surface area contributed by atoms with E-state index in [2.05, 4.69) is 30.5 Å². The van der Waals surface area contributed by atoms with Crippen molar-refractivity contribution in [3.05, 3.63) is 109 Å². The van der Waals surface area contributed by atoms with E-state index in [0.29, 0.717) is 23.5 Å². The van der Waals surface area contributed by atoms with Crippen molar-refractivity contribution in [3.63, 3.8) is 0 Å². The Hall–Kier alpha value is -5.07. The molecule has 5 rings (SSSR count). The molecule has 12 nitrogen and oxygen atoms in total. The number of aryl methyl sites for hydroxylation is 2. The Labute approximate surface area is 218 Å². The van der Waals surface area contributed by atoms with E-state index < -0.39 is 22.9 Å². The van der Waals surface area contributed by atoms with Crippen LogP contribution >= 0.6 is 0 Å². The lowest BCUT2D eigenvalue weighted by molar-refractivity contribution is -0.114. The quantitative estimate of drug-likeness (QED) is 0.225. The number of imidazole rings is 1. The Morgan fingerprint density at radius 1 is 1.10 bits per heavy atom. The lowest BCUT2D eigenvalue weighted by atomic mass is 9.91. The molecule has 1 atom stereocenters. The first kappa shape index (κ1) is 25.6. The third-order valence-corrected chi connectivity index (χ3v) is 6.25. The number of halogens is 1. The van der Waals surface area contributed by atoms with Crippen LogP contribution in [0.3, 0.4) is 0 Å². The van der Waals surface area contributed by atoms with Gasteiger partial charge in [0, 0.05) is 31.5 Å². The lowest BCUT2D eigenvalue weighted by Gasteiger charge is -2.16. The van der Waals surface area contributed by atoms with Gasteiger partial charge in [0.05, 0.1) is 0 Å². The van der Waals surface area contributed by atoms with Gasteiger partial charge in [-0.25, -0.2) is 24.1 Å². The van der Waals surface area contributed by atoms with Crippen LogP contribution in [0.1, 0.15) is 42.1 Å². The van der Waals surface area contributed by atoms with Gasteiger partial charge in [0.1, 0.15) is 17.2 Å². The van der Waals surface area contributed by atoms with E-state index >= 15 is 0 Å². The molecule has 39 heavy (non-hydrogen) atoms. The van der Waals surface area contributed by atoms with Gasteiger partial charge in [-0.3, -0.25) is 19.1 Å². The van der Waals surface area contributed by atoms with Crippen LogP contribution in [-0.4, -0.2) is 35.6 Å². The number of nitrogens with one attached hydrogen (secondary N) is 4. The topological polar surface area (TPSA) is 172 Å². The fourth-order valence-electron chi connectivity index (χ4n) is 4.45. The summed E-state index contributed by atoms with van der Waals surface area (Å²) < 4.78 is 20.9. The number of carbonyl (C=O) groups is 1. The average Bonchev–Trinajstić information content (AvgIpc) is 3.52. The summed E-state index contributed by atoms with van der Waals surface area (Å²) in [5.74, 6) is -1.21. The molecule has 200 valence electrons. The van der Waals surface area contributed by atoms with Gasteiger partial charge < -0.3 is 14.7 Å². The Morgan fingerprint density at radius 2 is 1.87 bits per heavy atom. The summed E-state index contributed by atoms with van der Waals surface area (Å²) in [6.45, 7) is 1.57. The van der Waals surface area contributed by atoms with E-state index in [0.717, 1.165) is 5.56 Å². The fraction of sp³-hybridized carbons (Fsp3) is 0.231. The summed E-state index contributed by atoms with van der Waals surface area (Å²) in [5, 5.41) is 8.64. The summed E-state index contributed by atoms with van der Waals surface area (Å²) >= 11 is 0. The molecular weight excluding hydrogens is 509 g/mol. The van der Waals surface area contributed by atoms with Gasteiger partial charge in [-0.05, 0) is 42.2 Å². The molecular formula is C26H24FN7O5. The maximum Gasteiger partial charge on any atom is 0.434 e. The van der Waals surface area contributed by atoms with Crippen LogP contribution in [0.15, 0.2) is 67.3 Å². The molecule has 13 heteroatoms. The number of benzene rings is 2. The van der Waals surface area contributed by atoms with Gasteiger partial charge in [0.15, 0.2) is 5.65 Å². The molecule has 2 aromatic carbocycles. The van der Waals surface area contributed by atoms with Crippen molar-refractivity contribution >= 4 is 22.8 Å². The zero-order valence-corrected chi connectivity index (χ0v) is 20.8. The molecule has 0 aliphatic carbocycles. The Morgan fingerprint density at radius 3 is 2.56 bits per heavy atom. The number of carbonyl (C=O) groups excluding carboxylic acids is 1. The van der Waals surface area contributed by atoms with Gasteiger partial charge in [-0.1, -0.05) is 30.3 Å². The summed E-state index contributed by atoms with van der Waals surface area (Å²) in [4.78, 5) is 57.9. The number of aromatic amines is 3. The second-order valence-corrected chi connectivity index (χ2v) is 8.99. The maximum atomic E-state index is 14.6. The van der Waals surface area contributed by atoms with Crippen LogP contribution < -0.4 is 22.3 Å². The number of hydrogen-bond acceptors (Lipinski definition) is 7. The average molecular weight is 534 g/mol. The Bertz CT molecular complexity index is 1810. The van der Waals surface area contributed by atoms with Crippen molar-refractivity contribution < 1.29 is 13.6 Å². The molecule has 0 fully saturated rings. The smallest absolute Gasteiger partial charge is 0.393 e. The summed E-state index contributed by atoms with van der Waals surface area (Å²) in [7, 11) is 0. The number of aromatic nitrogens is 6. The van der Waals surface area contributed by atoms with Crippen LogP contribution in [0.4, 0.5) is 10.1 Å². The number of rotatable bonds is 9. The first-order valence-corrected chi connectivity index (χ1v) is 12.2. The normalized spacial score (nSPS) is 12.1. The van der Waals surface area contributed by atoms with Crippen molar-refractivity contribution in [2.75, 3.05) is 5.32 Å². The molecule has 0 aliphatic heterocycles. The van der Waals surface area contributed by atoms with E-state index in [9.17, 15) is 23.6 Å². The van der Waals surface area contributed by atoms with Gasteiger partial charge in [0.25, 0.3) is 5.56 Å². The minimum absolute atomic E-state index is 0.101. The number of hydrogen-bond donors (Lipinski definition) is 4. The van der Waals surface area contributed by atoms with Crippen LogP contribution in [0.25, 0.3) is 11.2 Å². The molecule has 1 unspecified atom stereocenters. The predicted molar refractivity (Wildman–Crippen MR) is 139 cm³/mol. The maximum absolute atomic E-state index is 14.6. The molecule has 0 radical (unpaired) electrons. The highest BCUT2D eigenvalue weighted by Gasteiger charge is 2.23. The van der Waals surface area contributed by atoms with Crippen molar-refractivity contribution in [2.24, 2.45) is 0 Å². The van der Waals surface area contributed by atoms with Crippen molar-refractivity contribution in [3.8, 4) is 0 Å². The van der Waals surface area contributed by atoms with Crippen LogP contribution in [-0.2, 0) is 24.2 Å². The third-order valence-electron chi connectivity index (χ3n) is 6.25. The van der Waals surface area contributed by atoms with E-state index in [-0.39, 0.29) is 48.2 Å². The monoisotopic (exact) mass is 533 g/mol. The van der Waals surface area contributed by atoms with E-state index in [4.69, 9.17) is 4.42 Å². The van der Waals surface area contributed by atoms with Crippen LogP contribution in [0.5, 0.6) is 0 Å². The molecule has 0 aliphatic rings. The molecule has 4 N–H and O–H groups in total. The summed E-state index contributed by atoms with van der Waals surface area (Å²) in [5.41, 5.74) is 0.776. The minimum atomic E-state index is -0.670. The van der Waals surface area contributed by atoms with Crippen LogP contribution in [0, 0.1) is 5.82 Å². The Balaban J connectivity index is 1.53. The van der Waals surface area contributed by atoms with Crippen molar-refractivity contribution in [2.45, 2.75) is 38.6 Å². The molecule has 3 aromatic heterocycles. The van der Waals surface area contributed by atoms with Crippen molar-refractivity contribution in [1.82, 2.24) is 29.7 Å². The molecule has 0 saturated carbocycles. The summed E-state index contributed by atoms with van der Waals surface area (Å²) in [6, 6.07) is 13.4. The van der Waals surface area contributed by atoms with E-state index in [1.807, 2.05) is 0 Å². The second-order valence-electron chi connectivity index (χ2n) is 8.99.